The van der Waals surface area contributed by atoms with Gasteiger partial charge in [0.25, 0.3) is 5.91 Å². The van der Waals surface area contributed by atoms with Crippen molar-refractivity contribution in [3.63, 3.8) is 0 Å². The van der Waals surface area contributed by atoms with Gasteiger partial charge in [0, 0.05) is 13.0 Å². The van der Waals surface area contributed by atoms with Crippen molar-refractivity contribution in [2.24, 2.45) is 5.73 Å². The normalized spacial score (nSPS) is 10.6. The first-order valence-corrected chi connectivity index (χ1v) is 7.02. The van der Waals surface area contributed by atoms with Crippen LogP contribution >= 0.6 is 0 Å². The van der Waals surface area contributed by atoms with Gasteiger partial charge in [0.05, 0.1) is 5.69 Å². The van der Waals surface area contributed by atoms with Gasteiger partial charge < -0.3 is 15.1 Å². The molecule has 0 spiro atoms. The molecule has 0 fully saturated rings. The molecule has 21 heavy (non-hydrogen) atoms. The predicted molar refractivity (Wildman–Crippen MR) is 79.8 cm³/mol. The first-order chi connectivity index (χ1) is 10.2. The molecule has 0 atom stereocenters. The Morgan fingerprint density at radius 2 is 2.05 bits per heavy atom. The Labute approximate surface area is 123 Å². The van der Waals surface area contributed by atoms with Crippen molar-refractivity contribution in [1.82, 2.24) is 0 Å². The summed E-state index contributed by atoms with van der Waals surface area (Å²) in [6, 6.07) is 9.57. The number of furan rings is 1. The smallest absolute Gasteiger partial charge is 0.294 e. The Morgan fingerprint density at radius 1 is 1.29 bits per heavy atom. The lowest BCUT2D eigenvalue weighted by Gasteiger charge is -2.22. The van der Waals surface area contributed by atoms with Crippen LogP contribution in [0.5, 0.6) is 0 Å². The van der Waals surface area contributed by atoms with E-state index < -0.39 is 5.82 Å². The average molecular weight is 290 g/mol. The number of nitrogens with two attached hydrogens (primary N) is 1. The van der Waals surface area contributed by atoms with Crippen molar-refractivity contribution >= 4 is 11.6 Å². The van der Waals surface area contributed by atoms with Crippen molar-refractivity contribution in [2.75, 3.05) is 18.0 Å². The summed E-state index contributed by atoms with van der Waals surface area (Å²) in [7, 11) is 0. The van der Waals surface area contributed by atoms with E-state index in [1.165, 1.54) is 11.0 Å². The molecule has 1 heterocycles. The molecule has 0 bridgehead atoms. The summed E-state index contributed by atoms with van der Waals surface area (Å²) in [5, 5.41) is 0. The fraction of sp³-hybridized carbons (Fsp3) is 0.312. The molecule has 0 unspecified atom stereocenters. The summed E-state index contributed by atoms with van der Waals surface area (Å²) in [5.41, 5.74) is 5.74. The number of carbonyl (C=O) groups excluding carboxylic acids is 1. The van der Waals surface area contributed by atoms with E-state index in [1.54, 1.807) is 30.3 Å². The van der Waals surface area contributed by atoms with Crippen LogP contribution in [-0.4, -0.2) is 19.0 Å². The number of benzene rings is 1. The summed E-state index contributed by atoms with van der Waals surface area (Å²) in [4.78, 5) is 13.9. The summed E-state index contributed by atoms with van der Waals surface area (Å²) in [5.74, 6) is 0.149. The highest BCUT2D eigenvalue weighted by molar-refractivity contribution is 6.04. The lowest BCUT2D eigenvalue weighted by molar-refractivity contribution is 0.0957. The van der Waals surface area contributed by atoms with Gasteiger partial charge in [-0.25, -0.2) is 4.39 Å². The molecule has 1 amide bonds. The fourth-order valence-corrected chi connectivity index (χ4v) is 2.07. The highest BCUT2D eigenvalue weighted by Gasteiger charge is 2.22. The van der Waals surface area contributed by atoms with Crippen molar-refractivity contribution in [1.29, 1.82) is 0 Å². The minimum atomic E-state index is -0.440. The molecule has 0 radical (unpaired) electrons. The number of anilines is 1. The van der Waals surface area contributed by atoms with Crippen LogP contribution in [0.15, 0.2) is 40.8 Å². The maximum Gasteiger partial charge on any atom is 0.294 e. The van der Waals surface area contributed by atoms with Crippen LogP contribution in [0.3, 0.4) is 0 Å². The van der Waals surface area contributed by atoms with Crippen LogP contribution in [0.2, 0.25) is 0 Å². The van der Waals surface area contributed by atoms with Gasteiger partial charge in [-0.05, 0) is 37.2 Å². The zero-order valence-corrected chi connectivity index (χ0v) is 12.0. The molecule has 2 N–H and O–H groups in total. The summed E-state index contributed by atoms with van der Waals surface area (Å²) in [6.07, 6.45) is 1.29. The van der Waals surface area contributed by atoms with E-state index >= 15 is 0 Å². The van der Waals surface area contributed by atoms with Gasteiger partial charge in [0.1, 0.15) is 11.6 Å². The molecule has 4 nitrogen and oxygen atoms in total. The van der Waals surface area contributed by atoms with E-state index in [0.717, 1.165) is 5.76 Å². The number of aryl methyl sites for hydroxylation is 1. The molecule has 1 aromatic carbocycles. The van der Waals surface area contributed by atoms with Crippen LogP contribution in [0.1, 0.15) is 29.7 Å². The molecule has 2 aromatic rings. The maximum absolute atomic E-state index is 14.0. The number of para-hydroxylation sites is 1. The third-order valence-electron chi connectivity index (χ3n) is 3.20. The van der Waals surface area contributed by atoms with Crippen LogP contribution in [0.25, 0.3) is 0 Å². The van der Waals surface area contributed by atoms with Gasteiger partial charge in [-0.2, -0.15) is 0 Å². The Bertz CT molecular complexity index is 610. The van der Waals surface area contributed by atoms with Crippen LogP contribution in [0.4, 0.5) is 10.1 Å². The van der Waals surface area contributed by atoms with E-state index in [1.807, 2.05) is 6.92 Å². The minimum absolute atomic E-state index is 0.215. The van der Waals surface area contributed by atoms with Crippen molar-refractivity contribution in [2.45, 2.75) is 19.8 Å². The number of amides is 1. The van der Waals surface area contributed by atoms with E-state index in [9.17, 15) is 9.18 Å². The molecule has 5 heteroatoms. The van der Waals surface area contributed by atoms with Crippen molar-refractivity contribution in [3.05, 3.63) is 53.7 Å². The molecule has 2 rings (SSSR count). The van der Waals surface area contributed by atoms with Gasteiger partial charge in [0.2, 0.25) is 0 Å². The highest BCUT2D eigenvalue weighted by atomic mass is 19.1. The molecular formula is C16H19FN2O2. The zero-order valence-electron chi connectivity index (χ0n) is 12.0. The topological polar surface area (TPSA) is 59.5 Å². The first-order valence-electron chi connectivity index (χ1n) is 7.02. The standard InChI is InChI=1S/C16H19FN2O2/c1-2-12-8-9-15(21-12)16(20)19(11-5-10-18)14-7-4-3-6-13(14)17/h3-4,6-9H,2,5,10-11,18H2,1H3. The third-order valence-corrected chi connectivity index (χ3v) is 3.20. The van der Waals surface area contributed by atoms with E-state index in [2.05, 4.69) is 0 Å². The fourth-order valence-electron chi connectivity index (χ4n) is 2.07. The van der Waals surface area contributed by atoms with Crippen molar-refractivity contribution in [3.8, 4) is 0 Å². The molecular weight excluding hydrogens is 271 g/mol. The second-order valence-corrected chi connectivity index (χ2v) is 4.67. The Morgan fingerprint density at radius 3 is 2.67 bits per heavy atom. The first kappa shape index (κ1) is 15.3. The SMILES string of the molecule is CCc1ccc(C(=O)N(CCCN)c2ccccc2F)o1. The average Bonchev–Trinajstić information content (AvgIpc) is 2.98. The maximum atomic E-state index is 14.0. The molecule has 0 aliphatic carbocycles. The van der Waals surface area contributed by atoms with Gasteiger partial charge in [0.15, 0.2) is 5.76 Å². The second-order valence-electron chi connectivity index (χ2n) is 4.67. The van der Waals surface area contributed by atoms with E-state index in [4.69, 9.17) is 10.2 Å². The van der Waals surface area contributed by atoms with E-state index in [-0.39, 0.29) is 17.4 Å². The largest absolute Gasteiger partial charge is 0.456 e. The quantitative estimate of drug-likeness (QED) is 0.889. The predicted octanol–water partition coefficient (Wildman–Crippen LogP) is 2.98. The molecule has 0 aliphatic heterocycles. The summed E-state index contributed by atoms with van der Waals surface area (Å²) < 4.78 is 19.4. The van der Waals surface area contributed by atoms with Gasteiger partial charge >= 0.3 is 0 Å². The van der Waals surface area contributed by atoms with Crippen molar-refractivity contribution < 1.29 is 13.6 Å². The number of nitrogens with zero attached hydrogens (tertiary/aromatic N) is 1. The summed E-state index contributed by atoms with van der Waals surface area (Å²) >= 11 is 0. The Balaban J connectivity index is 2.31. The number of rotatable bonds is 6. The Hall–Kier alpha value is -2.14. The molecule has 0 saturated carbocycles. The molecule has 1 aromatic heterocycles. The zero-order chi connectivity index (χ0) is 15.2. The monoisotopic (exact) mass is 290 g/mol. The number of hydrogen-bond acceptors (Lipinski definition) is 3. The number of carbonyl (C=O) groups is 1. The lowest BCUT2D eigenvalue weighted by atomic mass is 10.2. The third kappa shape index (κ3) is 3.49. The lowest BCUT2D eigenvalue weighted by Crippen LogP contribution is -2.33. The molecule has 0 saturated heterocycles. The molecule has 0 aliphatic rings. The van der Waals surface area contributed by atoms with Gasteiger partial charge in [-0.3, -0.25) is 4.79 Å². The van der Waals surface area contributed by atoms with E-state index in [0.29, 0.717) is 25.9 Å². The minimum Gasteiger partial charge on any atom is -0.456 e. The second kappa shape index (κ2) is 7.04. The Kier molecular flexibility index (Phi) is 5.11. The van der Waals surface area contributed by atoms with Crippen LogP contribution < -0.4 is 10.6 Å². The van der Waals surface area contributed by atoms with Gasteiger partial charge in [-0.15, -0.1) is 0 Å². The van der Waals surface area contributed by atoms with Crippen LogP contribution in [-0.2, 0) is 6.42 Å². The highest BCUT2D eigenvalue weighted by Crippen LogP contribution is 2.22. The van der Waals surface area contributed by atoms with Gasteiger partial charge in [-0.1, -0.05) is 19.1 Å². The number of halogens is 1. The molecule has 112 valence electrons. The van der Waals surface area contributed by atoms with Crippen LogP contribution in [0, 0.1) is 5.82 Å². The number of hydrogen-bond donors (Lipinski definition) is 1. The summed E-state index contributed by atoms with van der Waals surface area (Å²) in [6.45, 7) is 2.71.